The van der Waals surface area contributed by atoms with Gasteiger partial charge in [0, 0.05) is 24.7 Å². The Balaban J connectivity index is 1.34. The summed E-state index contributed by atoms with van der Waals surface area (Å²) in [6, 6.07) is 10.7. The summed E-state index contributed by atoms with van der Waals surface area (Å²) >= 11 is 0. The van der Waals surface area contributed by atoms with Gasteiger partial charge in [-0.15, -0.1) is 0 Å². The third-order valence-electron chi connectivity index (χ3n) is 4.99. The number of carbonyl (C=O) groups excluding carboxylic acids is 1. The van der Waals surface area contributed by atoms with E-state index in [1.54, 1.807) is 17.8 Å². The summed E-state index contributed by atoms with van der Waals surface area (Å²) in [5.41, 5.74) is 3.60. The molecule has 0 radical (unpaired) electrons. The smallest absolute Gasteiger partial charge is 0.273 e. The van der Waals surface area contributed by atoms with Crippen molar-refractivity contribution in [3.63, 3.8) is 0 Å². The Hall–Kier alpha value is -2.14. The van der Waals surface area contributed by atoms with Crippen molar-refractivity contribution in [2.24, 2.45) is 13.0 Å². The van der Waals surface area contributed by atoms with Gasteiger partial charge in [-0.2, -0.15) is 5.10 Å². The molecule has 0 saturated heterocycles. The van der Waals surface area contributed by atoms with Gasteiger partial charge in [0.25, 0.3) is 5.91 Å². The van der Waals surface area contributed by atoms with Crippen LogP contribution in [0.5, 0.6) is 0 Å². The molecule has 0 aliphatic heterocycles. The molecule has 2 aliphatic rings. The molecular formula is C19H24N4O. The highest BCUT2D eigenvalue weighted by molar-refractivity contribution is 6.03. The van der Waals surface area contributed by atoms with Gasteiger partial charge >= 0.3 is 0 Å². The molecule has 2 saturated carbocycles. The van der Waals surface area contributed by atoms with E-state index >= 15 is 0 Å². The molecule has 4 rings (SSSR count). The maximum Gasteiger partial charge on any atom is 0.273 e. The lowest BCUT2D eigenvalue weighted by molar-refractivity contribution is 0.101. The molecule has 24 heavy (non-hydrogen) atoms. The largest absolute Gasteiger partial charge is 0.321 e. The van der Waals surface area contributed by atoms with Crippen molar-refractivity contribution in [1.29, 1.82) is 0 Å². The number of amides is 1. The van der Waals surface area contributed by atoms with Crippen molar-refractivity contribution >= 4 is 11.6 Å². The van der Waals surface area contributed by atoms with Crippen LogP contribution in [-0.2, 0) is 7.05 Å². The number of nitrogens with one attached hydrogen (secondary N) is 2. The molecule has 0 unspecified atom stereocenters. The normalized spacial score (nSPS) is 22.4. The molecule has 1 aromatic heterocycles. The van der Waals surface area contributed by atoms with Crippen molar-refractivity contribution in [1.82, 2.24) is 15.1 Å². The molecule has 5 heteroatoms. The predicted octanol–water partition coefficient (Wildman–Crippen LogP) is 2.84. The SMILES string of the molecule is Cc1cc(C(=O)Nc2ccc([C@@H]3C[C@H]3NCC3CC3)cc2)n(C)n1. The topological polar surface area (TPSA) is 59.0 Å². The number of carbonyl (C=O) groups is 1. The van der Waals surface area contributed by atoms with Crippen LogP contribution in [0.3, 0.4) is 0 Å². The van der Waals surface area contributed by atoms with E-state index in [4.69, 9.17) is 0 Å². The summed E-state index contributed by atoms with van der Waals surface area (Å²) in [5, 5.41) is 10.8. The lowest BCUT2D eigenvalue weighted by atomic mass is 10.1. The summed E-state index contributed by atoms with van der Waals surface area (Å²) in [5.74, 6) is 1.44. The Morgan fingerprint density at radius 3 is 2.67 bits per heavy atom. The number of aryl methyl sites for hydroxylation is 2. The first-order chi connectivity index (χ1) is 11.6. The van der Waals surface area contributed by atoms with Gasteiger partial charge in [0.15, 0.2) is 0 Å². The second-order valence-corrected chi connectivity index (χ2v) is 7.17. The summed E-state index contributed by atoms with van der Waals surface area (Å²) in [6.07, 6.45) is 4.02. The Bertz CT molecular complexity index is 745. The number of benzene rings is 1. The van der Waals surface area contributed by atoms with Crippen molar-refractivity contribution < 1.29 is 4.79 Å². The number of hydrogen-bond donors (Lipinski definition) is 2. The van der Waals surface area contributed by atoms with Crippen molar-refractivity contribution in [3.8, 4) is 0 Å². The molecule has 126 valence electrons. The molecule has 2 atom stereocenters. The number of rotatable bonds is 6. The van der Waals surface area contributed by atoms with E-state index in [9.17, 15) is 4.79 Å². The predicted molar refractivity (Wildman–Crippen MR) is 94.2 cm³/mol. The number of anilines is 1. The zero-order valence-electron chi connectivity index (χ0n) is 14.2. The van der Waals surface area contributed by atoms with Crippen LogP contribution in [0.15, 0.2) is 30.3 Å². The lowest BCUT2D eigenvalue weighted by Gasteiger charge is -2.07. The number of hydrogen-bond acceptors (Lipinski definition) is 3. The number of aromatic nitrogens is 2. The molecule has 1 heterocycles. The van der Waals surface area contributed by atoms with E-state index in [0.717, 1.165) is 17.3 Å². The van der Waals surface area contributed by atoms with Crippen LogP contribution in [0.2, 0.25) is 0 Å². The molecule has 0 spiro atoms. The van der Waals surface area contributed by atoms with Gasteiger partial charge in [0.05, 0.1) is 5.69 Å². The monoisotopic (exact) mass is 324 g/mol. The molecule has 2 aliphatic carbocycles. The fourth-order valence-electron chi connectivity index (χ4n) is 3.26. The van der Waals surface area contributed by atoms with Crippen LogP contribution in [0, 0.1) is 12.8 Å². The van der Waals surface area contributed by atoms with Crippen molar-refractivity contribution in [3.05, 3.63) is 47.3 Å². The Morgan fingerprint density at radius 2 is 2.04 bits per heavy atom. The average molecular weight is 324 g/mol. The zero-order chi connectivity index (χ0) is 16.7. The molecule has 1 amide bonds. The third-order valence-corrected chi connectivity index (χ3v) is 4.99. The maximum atomic E-state index is 12.3. The molecule has 2 N–H and O–H groups in total. The quantitative estimate of drug-likeness (QED) is 0.859. The van der Waals surface area contributed by atoms with Gasteiger partial charge in [0.2, 0.25) is 0 Å². The highest BCUT2D eigenvalue weighted by Crippen LogP contribution is 2.41. The van der Waals surface area contributed by atoms with Crippen LogP contribution in [0.1, 0.15) is 46.9 Å². The fourth-order valence-corrected chi connectivity index (χ4v) is 3.26. The summed E-state index contributed by atoms with van der Waals surface area (Å²) in [7, 11) is 1.78. The van der Waals surface area contributed by atoms with Crippen molar-refractivity contribution in [2.75, 3.05) is 11.9 Å². The highest BCUT2D eigenvalue weighted by Gasteiger charge is 2.38. The first-order valence-electron chi connectivity index (χ1n) is 8.75. The van der Waals surface area contributed by atoms with Gasteiger partial charge < -0.3 is 10.6 Å². The minimum atomic E-state index is -0.124. The van der Waals surface area contributed by atoms with Crippen LogP contribution in [0.25, 0.3) is 0 Å². The van der Waals surface area contributed by atoms with E-state index < -0.39 is 0 Å². The van der Waals surface area contributed by atoms with Crippen LogP contribution < -0.4 is 10.6 Å². The van der Waals surface area contributed by atoms with Crippen molar-refractivity contribution in [2.45, 2.75) is 38.1 Å². The standard InChI is InChI=1S/C19H24N4O/c1-12-9-18(23(2)22-12)19(24)21-15-7-5-14(6-8-15)16-10-17(16)20-11-13-3-4-13/h5-9,13,16-17,20H,3-4,10-11H2,1-2H3,(H,21,24)/t16-,17+/m0/s1. The first kappa shape index (κ1) is 15.4. The second kappa shape index (κ2) is 6.06. The Morgan fingerprint density at radius 1 is 1.29 bits per heavy atom. The molecule has 2 aromatic rings. The molecular weight excluding hydrogens is 300 g/mol. The highest BCUT2D eigenvalue weighted by atomic mass is 16.2. The fraction of sp³-hybridized carbons (Fsp3) is 0.474. The minimum absolute atomic E-state index is 0.124. The number of nitrogens with zero attached hydrogens (tertiary/aromatic N) is 2. The molecule has 2 fully saturated rings. The minimum Gasteiger partial charge on any atom is -0.321 e. The summed E-state index contributed by atoms with van der Waals surface area (Å²) in [6.45, 7) is 3.06. The van der Waals surface area contributed by atoms with E-state index in [2.05, 4.69) is 27.9 Å². The van der Waals surface area contributed by atoms with E-state index in [-0.39, 0.29) is 5.91 Å². The summed E-state index contributed by atoms with van der Waals surface area (Å²) in [4.78, 5) is 12.3. The second-order valence-electron chi connectivity index (χ2n) is 7.17. The Kier molecular flexibility index (Phi) is 3.88. The van der Waals surface area contributed by atoms with Gasteiger partial charge in [-0.05, 0) is 62.4 Å². The van der Waals surface area contributed by atoms with E-state index in [1.165, 1.54) is 31.4 Å². The maximum absolute atomic E-state index is 12.3. The summed E-state index contributed by atoms with van der Waals surface area (Å²) < 4.78 is 1.61. The van der Waals surface area contributed by atoms with Gasteiger partial charge in [-0.3, -0.25) is 9.48 Å². The van der Waals surface area contributed by atoms with Gasteiger partial charge in [-0.25, -0.2) is 0 Å². The van der Waals surface area contributed by atoms with E-state index in [1.807, 2.05) is 19.1 Å². The third kappa shape index (κ3) is 3.36. The zero-order valence-corrected chi connectivity index (χ0v) is 14.2. The van der Waals surface area contributed by atoms with Gasteiger partial charge in [0.1, 0.15) is 5.69 Å². The average Bonchev–Trinajstić information content (AvgIpc) is 3.45. The van der Waals surface area contributed by atoms with Crippen LogP contribution >= 0.6 is 0 Å². The van der Waals surface area contributed by atoms with Crippen LogP contribution in [-0.4, -0.2) is 28.3 Å². The molecule has 1 aromatic carbocycles. The lowest BCUT2D eigenvalue weighted by Crippen LogP contribution is -2.20. The van der Waals surface area contributed by atoms with Crippen LogP contribution in [0.4, 0.5) is 5.69 Å². The first-order valence-corrected chi connectivity index (χ1v) is 8.75. The Labute approximate surface area is 142 Å². The molecule has 0 bridgehead atoms. The molecule has 5 nitrogen and oxygen atoms in total. The van der Waals surface area contributed by atoms with E-state index in [0.29, 0.717) is 17.7 Å². The van der Waals surface area contributed by atoms with Gasteiger partial charge in [-0.1, -0.05) is 12.1 Å².